The van der Waals surface area contributed by atoms with Gasteiger partial charge in [0.1, 0.15) is 0 Å². The van der Waals surface area contributed by atoms with Crippen LogP contribution in [-0.4, -0.2) is 24.4 Å². The molecule has 1 saturated heterocycles. The highest BCUT2D eigenvalue weighted by Gasteiger charge is 2.24. The average Bonchev–Trinajstić information content (AvgIpc) is 2.46. The molecule has 1 amide bonds. The number of carbonyl (C=O) groups excluding carboxylic acids is 1. The molecular weight excluding hydrogens is 224 g/mol. The molecule has 0 unspecified atom stereocenters. The lowest BCUT2D eigenvalue weighted by Crippen LogP contribution is -2.28. The number of amides is 1. The molecule has 0 aromatic heterocycles. The molecule has 0 spiro atoms. The fourth-order valence-corrected chi connectivity index (χ4v) is 2.30. The lowest BCUT2D eigenvalue weighted by atomic mass is 9.94. The summed E-state index contributed by atoms with van der Waals surface area (Å²) in [6.07, 6.45) is 1.93. The summed E-state index contributed by atoms with van der Waals surface area (Å²) in [4.78, 5) is 13.1. The number of rotatable bonds is 1. The van der Waals surface area contributed by atoms with Crippen molar-refractivity contribution < 1.29 is 13.6 Å². The molecule has 0 saturated carbocycles. The maximum atomic E-state index is 13.7. The standard InChI is InChI=1S/C13H15F2NO/c1-16-8-9(4-2-7-12(16)17)10-5-3-6-11(14)13(10)15/h3,5-6,9H,2,4,7-8H2,1H3/t9-/m1/s1. The Balaban J connectivity index is 2.27. The first-order chi connectivity index (χ1) is 8.09. The Morgan fingerprint density at radius 2 is 2.12 bits per heavy atom. The predicted octanol–water partition coefficient (Wildman–Crippen LogP) is 2.69. The summed E-state index contributed by atoms with van der Waals surface area (Å²) < 4.78 is 26.8. The van der Waals surface area contributed by atoms with Gasteiger partial charge in [-0.25, -0.2) is 8.78 Å². The van der Waals surface area contributed by atoms with E-state index in [0.717, 1.165) is 18.9 Å². The fourth-order valence-electron chi connectivity index (χ4n) is 2.30. The van der Waals surface area contributed by atoms with E-state index in [9.17, 15) is 13.6 Å². The lowest BCUT2D eigenvalue weighted by molar-refractivity contribution is -0.129. The monoisotopic (exact) mass is 239 g/mol. The number of nitrogens with zero attached hydrogens (tertiary/aromatic N) is 1. The Morgan fingerprint density at radius 1 is 1.35 bits per heavy atom. The van der Waals surface area contributed by atoms with Gasteiger partial charge in [-0.3, -0.25) is 4.79 Å². The SMILES string of the molecule is CN1C[C@H](c2cccc(F)c2F)CCCC1=O. The number of halogens is 2. The molecule has 0 aliphatic carbocycles. The lowest BCUT2D eigenvalue weighted by Gasteiger charge is -2.21. The molecule has 0 radical (unpaired) electrons. The summed E-state index contributed by atoms with van der Waals surface area (Å²) in [5.41, 5.74) is 0.381. The van der Waals surface area contributed by atoms with Crippen molar-refractivity contribution in [2.24, 2.45) is 0 Å². The van der Waals surface area contributed by atoms with E-state index in [2.05, 4.69) is 0 Å². The van der Waals surface area contributed by atoms with E-state index in [-0.39, 0.29) is 11.8 Å². The molecule has 92 valence electrons. The van der Waals surface area contributed by atoms with Crippen molar-refractivity contribution in [2.45, 2.75) is 25.2 Å². The van der Waals surface area contributed by atoms with Crippen LogP contribution in [0.2, 0.25) is 0 Å². The second kappa shape index (κ2) is 4.82. The highest BCUT2D eigenvalue weighted by Crippen LogP contribution is 2.29. The number of likely N-dealkylation sites (tertiary alicyclic amines) is 1. The zero-order chi connectivity index (χ0) is 12.4. The second-order valence-corrected chi connectivity index (χ2v) is 4.51. The summed E-state index contributed by atoms with van der Waals surface area (Å²) in [5, 5.41) is 0. The summed E-state index contributed by atoms with van der Waals surface area (Å²) in [6.45, 7) is 0.458. The molecule has 1 aliphatic heterocycles. The van der Waals surface area contributed by atoms with E-state index in [1.54, 1.807) is 18.0 Å². The first-order valence-corrected chi connectivity index (χ1v) is 5.77. The minimum absolute atomic E-state index is 0.0734. The predicted molar refractivity (Wildman–Crippen MR) is 60.6 cm³/mol. The van der Waals surface area contributed by atoms with E-state index in [1.165, 1.54) is 6.07 Å². The van der Waals surface area contributed by atoms with Crippen LogP contribution in [0.1, 0.15) is 30.7 Å². The first-order valence-electron chi connectivity index (χ1n) is 5.77. The maximum Gasteiger partial charge on any atom is 0.222 e. The van der Waals surface area contributed by atoms with Gasteiger partial charge in [0.15, 0.2) is 11.6 Å². The van der Waals surface area contributed by atoms with Crippen molar-refractivity contribution in [3.8, 4) is 0 Å². The average molecular weight is 239 g/mol. The molecule has 2 rings (SSSR count). The fraction of sp³-hybridized carbons (Fsp3) is 0.462. The summed E-state index contributed by atoms with van der Waals surface area (Å²) >= 11 is 0. The smallest absolute Gasteiger partial charge is 0.222 e. The Hall–Kier alpha value is -1.45. The molecule has 0 bridgehead atoms. The van der Waals surface area contributed by atoms with Crippen molar-refractivity contribution in [2.75, 3.05) is 13.6 Å². The van der Waals surface area contributed by atoms with Gasteiger partial charge in [-0.1, -0.05) is 12.1 Å². The van der Waals surface area contributed by atoms with Gasteiger partial charge in [0.05, 0.1) is 0 Å². The van der Waals surface area contributed by atoms with Crippen LogP contribution in [0.4, 0.5) is 8.78 Å². The van der Waals surface area contributed by atoms with Gasteiger partial charge in [-0.2, -0.15) is 0 Å². The van der Waals surface area contributed by atoms with Crippen LogP contribution in [0.3, 0.4) is 0 Å². The number of likely N-dealkylation sites (N-methyl/N-ethyl adjacent to an activating group) is 1. The van der Waals surface area contributed by atoms with Gasteiger partial charge < -0.3 is 4.90 Å². The van der Waals surface area contributed by atoms with Gasteiger partial charge in [0.25, 0.3) is 0 Å². The molecule has 4 heteroatoms. The Bertz CT molecular complexity index is 433. The van der Waals surface area contributed by atoms with E-state index in [1.807, 2.05) is 0 Å². The van der Waals surface area contributed by atoms with Crippen LogP contribution < -0.4 is 0 Å². The molecule has 1 aromatic rings. The molecular formula is C13H15F2NO. The van der Waals surface area contributed by atoms with Gasteiger partial charge >= 0.3 is 0 Å². The molecule has 17 heavy (non-hydrogen) atoms. The highest BCUT2D eigenvalue weighted by atomic mass is 19.2. The van der Waals surface area contributed by atoms with E-state index in [4.69, 9.17) is 0 Å². The highest BCUT2D eigenvalue weighted by molar-refractivity contribution is 5.76. The maximum absolute atomic E-state index is 13.7. The summed E-state index contributed by atoms with van der Waals surface area (Å²) in [5.74, 6) is -1.63. The quantitative estimate of drug-likeness (QED) is 0.737. The number of benzene rings is 1. The molecule has 1 atom stereocenters. The van der Waals surface area contributed by atoms with Gasteiger partial charge in [-0.15, -0.1) is 0 Å². The van der Waals surface area contributed by atoms with Gasteiger partial charge in [0.2, 0.25) is 5.91 Å². The Morgan fingerprint density at radius 3 is 2.88 bits per heavy atom. The van der Waals surface area contributed by atoms with Crippen molar-refractivity contribution in [3.05, 3.63) is 35.4 Å². The zero-order valence-electron chi connectivity index (χ0n) is 9.75. The van der Waals surface area contributed by atoms with Crippen LogP contribution in [0, 0.1) is 11.6 Å². The molecule has 0 N–H and O–H groups in total. The summed E-state index contributed by atoms with van der Waals surface area (Å²) in [6, 6.07) is 4.23. The normalized spacial score (nSPS) is 21.5. The van der Waals surface area contributed by atoms with E-state index < -0.39 is 11.6 Å². The Kier molecular flexibility index (Phi) is 3.41. The van der Waals surface area contributed by atoms with Crippen LogP contribution in [-0.2, 0) is 4.79 Å². The third-order valence-electron chi connectivity index (χ3n) is 3.28. The van der Waals surface area contributed by atoms with Crippen LogP contribution in [0.5, 0.6) is 0 Å². The van der Waals surface area contributed by atoms with Gasteiger partial charge in [0, 0.05) is 25.9 Å². The van der Waals surface area contributed by atoms with Crippen LogP contribution in [0.25, 0.3) is 0 Å². The van der Waals surface area contributed by atoms with Crippen molar-refractivity contribution in [1.82, 2.24) is 4.90 Å². The largest absolute Gasteiger partial charge is 0.345 e. The van der Waals surface area contributed by atoms with Crippen molar-refractivity contribution in [3.63, 3.8) is 0 Å². The summed E-state index contributed by atoms with van der Waals surface area (Å²) in [7, 11) is 1.71. The molecule has 1 fully saturated rings. The third-order valence-corrected chi connectivity index (χ3v) is 3.28. The van der Waals surface area contributed by atoms with Crippen LogP contribution >= 0.6 is 0 Å². The van der Waals surface area contributed by atoms with Crippen molar-refractivity contribution >= 4 is 5.91 Å². The molecule has 2 nitrogen and oxygen atoms in total. The first kappa shape index (κ1) is 12.0. The topological polar surface area (TPSA) is 20.3 Å². The minimum Gasteiger partial charge on any atom is -0.345 e. The van der Waals surface area contributed by atoms with Crippen LogP contribution in [0.15, 0.2) is 18.2 Å². The zero-order valence-corrected chi connectivity index (χ0v) is 9.75. The number of carbonyl (C=O) groups is 1. The molecule has 1 aliphatic rings. The number of hydrogen-bond acceptors (Lipinski definition) is 1. The van der Waals surface area contributed by atoms with Gasteiger partial charge in [-0.05, 0) is 24.5 Å². The minimum atomic E-state index is -0.819. The van der Waals surface area contributed by atoms with E-state index >= 15 is 0 Å². The second-order valence-electron chi connectivity index (χ2n) is 4.51. The number of hydrogen-bond donors (Lipinski definition) is 0. The Labute approximate surface area is 99.2 Å². The molecule has 1 aromatic carbocycles. The molecule has 1 heterocycles. The van der Waals surface area contributed by atoms with E-state index in [0.29, 0.717) is 18.5 Å². The third kappa shape index (κ3) is 2.46. The van der Waals surface area contributed by atoms with Crippen molar-refractivity contribution in [1.29, 1.82) is 0 Å².